The van der Waals surface area contributed by atoms with Crippen LogP contribution < -0.4 is 15.4 Å². The molecule has 1 aliphatic heterocycles. The molecule has 6 heteroatoms. The fourth-order valence-electron chi connectivity index (χ4n) is 3.55. The summed E-state index contributed by atoms with van der Waals surface area (Å²) >= 11 is 0. The molecule has 1 fully saturated rings. The Labute approximate surface area is 172 Å². The van der Waals surface area contributed by atoms with Crippen LogP contribution in [-0.2, 0) is 16.1 Å². The lowest BCUT2D eigenvalue weighted by atomic mass is 9.97. The molecule has 2 amide bonds. The smallest absolute Gasteiger partial charge is 0.234 e. The highest BCUT2D eigenvalue weighted by Gasteiger charge is 2.26. The molecule has 6 nitrogen and oxygen atoms in total. The predicted octanol–water partition coefficient (Wildman–Crippen LogP) is 3.05. The second-order valence-corrected chi connectivity index (χ2v) is 7.29. The van der Waals surface area contributed by atoms with Gasteiger partial charge in [0.1, 0.15) is 5.75 Å². The number of para-hydroxylation sites is 1. The third kappa shape index (κ3) is 6.61. The van der Waals surface area contributed by atoms with Crippen molar-refractivity contribution < 1.29 is 14.3 Å². The van der Waals surface area contributed by atoms with Crippen molar-refractivity contribution >= 4 is 17.5 Å². The van der Waals surface area contributed by atoms with E-state index in [-0.39, 0.29) is 17.7 Å². The van der Waals surface area contributed by atoms with Gasteiger partial charge in [-0.1, -0.05) is 30.3 Å². The van der Waals surface area contributed by atoms with Crippen molar-refractivity contribution in [2.75, 3.05) is 31.6 Å². The number of piperidine rings is 1. The summed E-state index contributed by atoms with van der Waals surface area (Å²) in [5.74, 6) is 0.701. The number of anilines is 1. The molecule has 2 aromatic rings. The van der Waals surface area contributed by atoms with Gasteiger partial charge in [-0.25, -0.2) is 0 Å². The summed E-state index contributed by atoms with van der Waals surface area (Å²) in [6.45, 7) is 4.77. The summed E-state index contributed by atoms with van der Waals surface area (Å²) in [6, 6.07) is 17.2. The number of ether oxygens (including phenoxy) is 1. The van der Waals surface area contributed by atoms with Crippen molar-refractivity contribution in [1.29, 1.82) is 0 Å². The minimum atomic E-state index is -0.0976. The van der Waals surface area contributed by atoms with Crippen LogP contribution in [0.3, 0.4) is 0 Å². The van der Waals surface area contributed by atoms with Crippen molar-refractivity contribution in [2.45, 2.75) is 26.3 Å². The zero-order valence-corrected chi connectivity index (χ0v) is 16.9. The van der Waals surface area contributed by atoms with E-state index in [1.165, 1.54) is 0 Å². The van der Waals surface area contributed by atoms with E-state index in [9.17, 15) is 9.59 Å². The number of carbonyl (C=O) groups excluding carboxylic acids is 2. The lowest BCUT2D eigenvalue weighted by molar-refractivity contribution is -0.125. The summed E-state index contributed by atoms with van der Waals surface area (Å²) in [5.41, 5.74) is 1.81. The van der Waals surface area contributed by atoms with E-state index in [0.717, 1.165) is 36.4 Å². The first-order valence-corrected chi connectivity index (χ1v) is 10.2. The van der Waals surface area contributed by atoms with Gasteiger partial charge in [-0.05, 0) is 56.1 Å². The van der Waals surface area contributed by atoms with E-state index >= 15 is 0 Å². The van der Waals surface area contributed by atoms with Crippen LogP contribution in [0.15, 0.2) is 54.6 Å². The molecule has 1 saturated heterocycles. The molecule has 0 bridgehead atoms. The van der Waals surface area contributed by atoms with Gasteiger partial charge >= 0.3 is 0 Å². The van der Waals surface area contributed by atoms with E-state index in [2.05, 4.69) is 15.5 Å². The molecule has 154 valence electrons. The Hall–Kier alpha value is -2.86. The van der Waals surface area contributed by atoms with E-state index in [1.54, 1.807) is 0 Å². The maximum Gasteiger partial charge on any atom is 0.234 e. The van der Waals surface area contributed by atoms with Gasteiger partial charge in [0.15, 0.2) is 0 Å². The van der Waals surface area contributed by atoms with Crippen LogP contribution >= 0.6 is 0 Å². The summed E-state index contributed by atoms with van der Waals surface area (Å²) in [4.78, 5) is 27.0. The number of nitrogens with zero attached hydrogens (tertiary/aromatic N) is 1. The van der Waals surface area contributed by atoms with Crippen molar-refractivity contribution in [2.24, 2.45) is 5.92 Å². The Morgan fingerprint density at radius 1 is 1.14 bits per heavy atom. The summed E-state index contributed by atoms with van der Waals surface area (Å²) in [5, 5.41) is 5.93. The van der Waals surface area contributed by atoms with Crippen LogP contribution in [0.4, 0.5) is 5.69 Å². The number of carbonyl (C=O) groups is 2. The number of rotatable bonds is 8. The molecule has 0 saturated carbocycles. The standard InChI is InChI=1S/C23H29N3O3/c1-2-29-21-12-6-8-18(14-21)15-24-22(27)17-26-13-7-9-19(16-26)23(28)25-20-10-4-3-5-11-20/h3-6,8,10-12,14,19H,2,7,9,13,15-17H2,1H3,(H,24,27)(H,25,28). The molecule has 29 heavy (non-hydrogen) atoms. The van der Waals surface area contributed by atoms with Gasteiger partial charge in [0.2, 0.25) is 11.8 Å². The lowest BCUT2D eigenvalue weighted by Crippen LogP contribution is -2.45. The molecule has 1 unspecified atom stereocenters. The minimum Gasteiger partial charge on any atom is -0.494 e. The first-order valence-electron chi connectivity index (χ1n) is 10.2. The molecule has 3 rings (SSSR count). The summed E-state index contributed by atoms with van der Waals surface area (Å²) in [6.07, 6.45) is 1.76. The molecule has 0 spiro atoms. The van der Waals surface area contributed by atoms with Gasteiger partial charge in [0, 0.05) is 18.8 Å². The third-order valence-electron chi connectivity index (χ3n) is 4.98. The van der Waals surface area contributed by atoms with Gasteiger partial charge in [-0.2, -0.15) is 0 Å². The minimum absolute atomic E-state index is 0.0223. The van der Waals surface area contributed by atoms with Crippen molar-refractivity contribution in [1.82, 2.24) is 10.2 Å². The second-order valence-electron chi connectivity index (χ2n) is 7.29. The Kier molecular flexibility index (Phi) is 7.64. The normalized spacial score (nSPS) is 16.8. The van der Waals surface area contributed by atoms with E-state index in [0.29, 0.717) is 26.2 Å². The van der Waals surface area contributed by atoms with Gasteiger partial charge in [0.05, 0.1) is 19.1 Å². The summed E-state index contributed by atoms with van der Waals surface area (Å²) in [7, 11) is 0. The van der Waals surface area contributed by atoms with Crippen LogP contribution in [0.5, 0.6) is 5.75 Å². The van der Waals surface area contributed by atoms with Crippen LogP contribution in [0.25, 0.3) is 0 Å². The monoisotopic (exact) mass is 395 g/mol. The average Bonchev–Trinajstić information content (AvgIpc) is 2.74. The molecule has 1 aliphatic rings. The Morgan fingerprint density at radius 2 is 1.97 bits per heavy atom. The Morgan fingerprint density at radius 3 is 2.76 bits per heavy atom. The van der Waals surface area contributed by atoms with Crippen molar-refractivity contribution in [3.05, 3.63) is 60.2 Å². The fourth-order valence-corrected chi connectivity index (χ4v) is 3.55. The predicted molar refractivity (Wildman–Crippen MR) is 114 cm³/mol. The van der Waals surface area contributed by atoms with Gasteiger partial charge < -0.3 is 15.4 Å². The third-order valence-corrected chi connectivity index (χ3v) is 4.98. The molecular weight excluding hydrogens is 366 g/mol. The highest BCUT2D eigenvalue weighted by molar-refractivity contribution is 5.92. The quantitative estimate of drug-likeness (QED) is 0.721. The zero-order valence-electron chi connectivity index (χ0n) is 16.9. The molecule has 0 radical (unpaired) electrons. The van der Waals surface area contributed by atoms with E-state index < -0.39 is 0 Å². The zero-order chi connectivity index (χ0) is 20.5. The van der Waals surface area contributed by atoms with E-state index in [1.807, 2.05) is 61.5 Å². The summed E-state index contributed by atoms with van der Waals surface area (Å²) < 4.78 is 5.49. The van der Waals surface area contributed by atoms with Gasteiger partial charge in [-0.3, -0.25) is 14.5 Å². The van der Waals surface area contributed by atoms with Crippen LogP contribution in [-0.4, -0.2) is 43.0 Å². The number of nitrogens with one attached hydrogen (secondary N) is 2. The SMILES string of the molecule is CCOc1cccc(CNC(=O)CN2CCCC(C(=O)Nc3ccccc3)C2)c1. The lowest BCUT2D eigenvalue weighted by Gasteiger charge is -2.31. The first kappa shape index (κ1) is 20.9. The average molecular weight is 396 g/mol. The first-order chi connectivity index (χ1) is 14.1. The maximum atomic E-state index is 12.5. The highest BCUT2D eigenvalue weighted by atomic mass is 16.5. The van der Waals surface area contributed by atoms with Crippen LogP contribution in [0, 0.1) is 5.92 Å². The molecule has 1 heterocycles. The number of amides is 2. The van der Waals surface area contributed by atoms with Crippen molar-refractivity contribution in [3.8, 4) is 5.75 Å². The maximum absolute atomic E-state index is 12.5. The Bertz CT molecular complexity index is 810. The van der Waals surface area contributed by atoms with Gasteiger partial charge in [-0.15, -0.1) is 0 Å². The highest BCUT2D eigenvalue weighted by Crippen LogP contribution is 2.19. The number of likely N-dealkylation sites (tertiary alicyclic amines) is 1. The topological polar surface area (TPSA) is 70.7 Å². The largest absolute Gasteiger partial charge is 0.494 e. The van der Waals surface area contributed by atoms with Crippen LogP contribution in [0.2, 0.25) is 0 Å². The molecule has 0 aliphatic carbocycles. The van der Waals surface area contributed by atoms with Crippen LogP contribution in [0.1, 0.15) is 25.3 Å². The second kappa shape index (κ2) is 10.6. The van der Waals surface area contributed by atoms with Gasteiger partial charge in [0.25, 0.3) is 0 Å². The molecule has 0 aromatic heterocycles. The number of hydrogen-bond acceptors (Lipinski definition) is 4. The molecular formula is C23H29N3O3. The molecule has 2 aromatic carbocycles. The molecule has 2 N–H and O–H groups in total. The fraction of sp³-hybridized carbons (Fsp3) is 0.391. The van der Waals surface area contributed by atoms with Crippen molar-refractivity contribution in [3.63, 3.8) is 0 Å². The number of benzene rings is 2. The molecule has 1 atom stereocenters. The van der Waals surface area contributed by atoms with E-state index in [4.69, 9.17) is 4.74 Å². The Balaban J connectivity index is 1.45. The number of hydrogen-bond donors (Lipinski definition) is 2.